The first kappa shape index (κ1) is 13.9. The summed E-state index contributed by atoms with van der Waals surface area (Å²) in [6.45, 7) is 0.354. The number of anilines is 1. The summed E-state index contributed by atoms with van der Waals surface area (Å²) < 4.78 is 2.03. The van der Waals surface area contributed by atoms with E-state index in [1.54, 1.807) is 5.38 Å². The Kier molecular flexibility index (Phi) is 4.71. The fourth-order valence-electron chi connectivity index (χ4n) is 1.28. The van der Waals surface area contributed by atoms with Gasteiger partial charge in [0.2, 0.25) is 0 Å². The van der Waals surface area contributed by atoms with Crippen molar-refractivity contribution in [2.24, 2.45) is 5.73 Å². The number of hydrogen-bond acceptors (Lipinski definition) is 4. The summed E-state index contributed by atoms with van der Waals surface area (Å²) >= 11 is 7.02. The summed E-state index contributed by atoms with van der Waals surface area (Å²) in [4.78, 5) is 16.0. The fraction of sp³-hybridized carbons (Fsp3) is 0.0909. The van der Waals surface area contributed by atoms with Crippen LogP contribution in [0.3, 0.4) is 0 Å². The zero-order valence-corrected chi connectivity index (χ0v) is 13.7. The van der Waals surface area contributed by atoms with Crippen LogP contribution in [0.1, 0.15) is 15.5 Å². The maximum atomic E-state index is 11.9. The molecule has 0 saturated carbocycles. The predicted octanol–water partition coefficient (Wildman–Crippen LogP) is 3.22. The van der Waals surface area contributed by atoms with Gasteiger partial charge < -0.3 is 11.1 Å². The molecule has 0 aliphatic heterocycles. The Morgan fingerprint density at radius 2 is 2.33 bits per heavy atom. The molecule has 0 fully saturated rings. The molecule has 94 valence electrons. The molecule has 0 bridgehead atoms. The van der Waals surface area contributed by atoms with Gasteiger partial charge in [-0.3, -0.25) is 4.79 Å². The Labute approximate surface area is 130 Å². The van der Waals surface area contributed by atoms with Gasteiger partial charge in [0.05, 0.1) is 0 Å². The number of carbonyl (C=O) groups excluding carboxylic acids is 1. The third-order valence-corrected chi connectivity index (χ3v) is 5.35. The smallest absolute Gasteiger partial charge is 0.275 e. The number of benzene rings is 1. The normalized spacial score (nSPS) is 10.4. The van der Waals surface area contributed by atoms with Crippen molar-refractivity contribution in [2.45, 2.75) is 6.54 Å². The largest absolute Gasteiger partial charge is 0.325 e. The van der Waals surface area contributed by atoms with Gasteiger partial charge in [-0.05, 0) is 56.7 Å². The van der Waals surface area contributed by atoms with Crippen LogP contribution in [-0.2, 0) is 6.54 Å². The second-order valence-corrected chi connectivity index (χ2v) is 6.37. The van der Waals surface area contributed by atoms with Gasteiger partial charge in [-0.1, -0.05) is 0 Å². The minimum Gasteiger partial charge on any atom is -0.325 e. The number of thiazole rings is 1. The van der Waals surface area contributed by atoms with Gasteiger partial charge in [0.1, 0.15) is 10.7 Å². The summed E-state index contributed by atoms with van der Waals surface area (Å²) in [5.41, 5.74) is 6.59. The Bertz CT molecular complexity index is 587. The zero-order valence-electron chi connectivity index (χ0n) is 9.11. The molecule has 7 heteroatoms. The van der Waals surface area contributed by atoms with E-state index in [1.165, 1.54) is 11.3 Å². The van der Waals surface area contributed by atoms with Crippen LogP contribution in [0.2, 0.25) is 0 Å². The molecule has 18 heavy (non-hydrogen) atoms. The second kappa shape index (κ2) is 6.09. The van der Waals surface area contributed by atoms with Gasteiger partial charge >= 0.3 is 0 Å². The monoisotopic (exact) mass is 437 g/mol. The van der Waals surface area contributed by atoms with Crippen LogP contribution in [0.4, 0.5) is 5.69 Å². The van der Waals surface area contributed by atoms with E-state index in [0.29, 0.717) is 12.2 Å². The van der Waals surface area contributed by atoms with Gasteiger partial charge in [-0.15, -0.1) is 11.3 Å². The maximum absolute atomic E-state index is 11.9. The van der Waals surface area contributed by atoms with Crippen molar-refractivity contribution in [2.75, 3.05) is 5.32 Å². The molecule has 1 aromatic heterocycles. The summed E-state index contributed by atoms with van der Waals surface area (Å²) in [6, 6.07) is 5.63. The van der Waals surface area contributed by atoms with Crippen LogP contribution in [0.25, 0.3) is 0 Å². The van der Waals surface area contributed by atoms with Gasteiger partial charge in [-0.25, -0.2) is 4.98 Å². The van der Waals surface area contributed by atoms with Crippen LogP contribution in [-0.4, -0.2) is 10.9 Å². The van der Waals surface area contributed by atoms with Gasteiger partial charge in [0.15, 0.2) is 0 Å². The first-order chi connectivity index (χ1) is 8.60. The number of aromatic nitrogens is 1. The molecule has 0 spiro atoms. The lowest BCUT2D eigenvalue weighted by atomic mass is 10.3. The number of nitrogens with two attached hydrogens (primary N) is 1. The molecule has 4 nitrogen and oxygen atoms in total. The SMILES string of the molecule is NCc1nc(C(=O)Nc2ccc(I)c(Br)c2)cs1. The topological polar surface area (TPSA) is 68.0 Å². The maximum Gasteiger partial charge on any atom is 0.275 e. The molecular formula is C11H9BrIN3OS. The van der Waals surface area contributed by atoms with E-state index in [2.05, 4.69) is 48.8 Å². The quantitative estimate of drug-likeness (QED) is 0.724. The third-order valence-electron chi connectivity index (χ3n) is 2.14. The lowest BCUT2D eigenvalue weighted by Gasteiger charge is -2.04. The molecule has 3 N–H and O–H groups in total. The van der Waals surface area contributed by atoms with E-state index in [4.69, 9.17) is 5.73 Å². The van der Waals surface area contributed by atoms with Crippen molar-refractivity contribution in [3.8, 4) is 0 Å². The first-order valence-corrected chi connectivity index (χ1v) is 7.76. The molecule has 1 amide bonds. The molecule has 2 aromatic rings. The summed E-state index contributed by atoms with van der Waals surface area (Å²) in [5, 5.41) is 5.26. The molecule has 1 aromatic carbocycles. The highest BCUT2D eigenvalue weighted by Crippen LogP contribution is 2.23. The Morgan fingerprint density at radius 1 is 1.56 bits per heavy atom. The molecule has 0 aliphatic carbocycles. The lowest BCUT2D eigenvalue weighted by Crippen LogP contribution is -2.12. The van der Waals surface area contributed by atoms with Crippen molar-refractivity contribution in [1.82, 2.24) is 4.98 Å². The van der Waals surface area contributed by atoms with E-state index in [1.807, 2.05) is 18.2 Å². The minimum atomic E-state index is -0.223. The van der Waals surface area contributed by atoms with E-state index >= 15 is 0 Å². The van der Waals surface area contributed by atoms with Crippen molar-refractivity contribution in [3.63, 3.8) is 0 Å². The van der Waals surface area contributed by atoms with Crippen molar-refractivity contribution in [3.05, 3.63) is 42.3 Å². The predicted molar refractivity (Wildman–Crippen MR) is 84.8 cm³/mol. The Morgan fingerprint density at radius 3 is 2.94 bits per heavy atom. The van der Waals surface area contributed by atoms with E-state index < -0.39 is 0 Å². The van der Waals surface area contributed by atoms with Crippen LogP contribution in [0.5, 0.6) is 0 Å². The first-order valence-electron chi connectivity index (χ1n) is 5.01. The lowest BCUT2D eigenvalue weighted by molar-refractivity contribution is 0.102. The molecular weight excluding hydrogens is 429 g/mol. The van der Waals surface area contributed by atoms with Crippen LogP contribution in [0, 0.1) is 3.57 Å². The highest BCUT2D eigenvalue weighted by molar-refractivity contribution is 14.1. The van der Waals surface area contributed by atoms with Crippen molar-refractivity contribution < 1.29 is 4.79 Å². The zero-order chi connectivity index (χ0) is 13.1. The third kappa shape index (κ3) is 3.28. The molecule has 0 radical (unpaired) electrons. The Hall–Kier alpha value is -0.510. The minimum absolute atomic E-state index is 0.223. The number of amides is 1. The summed E-state index contributed by atoms with van der Waals surface area (Å²) in [5.74, 6) is -0.223. The van der Waals surface area contributed by atoms with Crippen LogP contribution >= 0.6 is 49.9 Å². The standard InChI is InChI=1S/C11H9BrIN3OS/c12-7-3-6(1-2-8(7)13)15-11(17)9-5-18-10(4-14)16-9/h1-3,5H,4,14H2,(H,15,17). The molecule has 0 saturated heterocycles. The van der Waals surface area contributed by atoms with E-state index in [0.717, 1.165) is 18.7 Å². The molecule has 0 unspecified atom stereocenters. The molecule has 2 rings (SSSR count). The highest BCUT2D eigenvalue weighted by atomic mass is 127. The number of rotatable bonds is 3. The van der Waals surface area contributed by atoms with Gasteiger partial charge in [0, 0.05) is 25.7 Å². The average molecular weight is 438 g/mol. The number of nitrogens with zero attached hydrogens (tertiary/aromatic N) is 1. The second-order valence-electron chi connectivity index (χ2n) is 3.41. The number of nitrogens with one attached hydrogen (secondary N) is 1. The number of halogens is 2. The number of hydrogen-bond donors (Lipinski definition) is 2. The van der Waals surface area contributed by atoms with Crippen LogP contribution < -0.4 is 11.1 Å². The van der Waals surface area contributed by atoms with Crippen molar-refractivity contribution in [1.29, 1.82) is 0 Å². The van der Waals surface area contributed by atoms with Crippen LogP contribution in [0.15, 0.2) is 28.1 Å². The molecule has 0 atom stereocenters. The molecule has 1 heterocycles. The van der Waals surface area contributed by atoms with E-state index in [9.17, 15) is 4.79 Å². The van der Waals surface area contributed by atoms with Crippen molar-refractivity contribution >= 4 is 61.5 Å². The fourth-order valence-corrected chi connectivity index (χ4v) is 2.65. The molecule has 0 aliphatic rings. The van der Waals surface area contributed by atoms with Gasteiger partial charge in [0.25, 0.3) is 5.91 Å². The van der Waals surface area contributed by atoms with E-state index in [-0.39, 0.29) is 5.91 Å². The number of carbonyl (C=O) groups is 1. The summed E-state index contributed by atoms with van der Waals surface area (Å²) in [7, 11) is 0. The van der Waals surface area contributed by atoms with Gasteiger partial charge in [-0.2, -0.15) is 0 Å². The summed E-state index contributed by atoms with van der Waals surface area (Å²) in [6.07, 6.45) is 0. The average Bonchev–Trinajstić information content (AvgIpc) is 2.82. The highest BCUT2D eigenvalue weighted by Gasteiger charge is 2.10. The Balaban J connectivity index is 2.13.